The van der Waals surface area contributed by atoms with Crippen molar-refractivity contribution in [2.45, 2.75) is 18.9 Å². The first-order valence-electron chi connectivity index (χ1n) is 9.92. The van der Waals surface area contributed by atoms with E-state index in [1.165, 1.54) is 16.5 Å². The summed E-state index contributed by atoms with van der Waals surface area (Å²) in [6.07, 6.45) is 2.08. The Labute approximate surface area is 171 Å². The summed E-state index contributed by atoms with van der Waals surface area (Å²) in [5, 5.41) is 7.60. The van der Waals surface area contributed by atoms with E-state index in [0.29, 0.717) is 6.54 Å². The first-order chi connectivity index (χ1) is 14.2. The summed E-state index contributed by atoms with van der Waals surface area (Å²) in [4.78, 5) is 16.0. The molecule has 2 atom stereocenters. The van der Waals surface area contributed by atoms with Crippen molar-refractivity contribution in [3.05, 3.63) is 102 Å². The Morgan fingerprint density at radius 3 is 2.31 bits per heavy atom. The number of fused-ring (bicyclic) bond motifs is 1. The first kappa shape index (κ1) is 19.0. The monoisotopic (exact) mass is 383 g/mol. The van der Waals surface area contributed by atoms with Gasteiger partial charge >= 0.3 is 0 Å². The molecule has 1 aromatic heterocycles. The van der Waals surface area contributed by atoms with Crippen molar-refractivity contribution in [3.8, 4) is 0 Å². The summed E-state index contributed by atoms with van der Waals surface area (Å²) >= 11 is 0. The number of rotatable bonds is 7. The molecule has 146 valence electrons. The molecule has 1 amide bonds. The predicted molar refractivity (Wildman–Crippen MR) is 119 cm³/mol. The number of benzene rings is 3. The molecular formula is C25H25N3O. The van der Waals surface area contributed by atoms with E-state index in [1.54, 1.807) is 0 Å². The Balaban J connectivity index is 1.53. The Kier molecular flexibility index (Phi) is 5.73. The van der Waals surface area contributed by atoms with Gasteiger partial charge in [-0.05, 0) is 36.2 Å². The van der Waals surface area contributed by atoms with Crippen molar-refractivity contribution in [1.82, 2.24) is 10.3 Å². The van der Waals surface area contributed by atoms with Crippen LogP contribution in [0, 0.1) is 0 Å². The van der Waals surface area contributed by atoms with Gasteiger partial charge in [0.1, 0.15) is 0 Å². The lowest BCUT2D eigenvalue weighted by atomic mass is 9.90. The van der Waals surface area contributed by atoms with Gasteiger partial charge in [-0.15, -0.1) is 0 Å². The van der Waals surface area contributed by atoms with Gasteiger partial charge in [-0.3, -0.25) is 4.79 Å². The van der Waals surface area contributed by atoms with Gasteiger partial charge in [-0.25, -0.2) is 0 Å². The average Bonchev–Trinajstić information content (AvgIpc) is 3.19. The highest BCUT2D eigenvalue weighted by Crippen LogP contribution is 2.30. The number of anilines is 1. The fourth-order valence-electron chi connectivity index (χ4n) is 3.63. The van der Waals surface area contributed by atoms with Gasteiger partial charge in [0, 0.05) is 35.2 Å². The minimum Gasteiger partial charge on any atom is -0.361 e. The molecule has 3 N–H and O–H groups in total. The number of hydrogen-bond acceptors (Lipinski definition) is 2. The van der Waals surface area contributed by atoms with Gasteiger partial charge < -0.3 is 15.6 Å². The summed E-state index contributed by atoms with van der Waals surface area (Å²) < 4.78 is 0. The van der Waals surface area contributed by atoms with Crippen LogP contribution in [0.5, 0.6) is 0 Å². The van der Waals surface area contributed by atoms with Crippen molar-refractivity contribution >= 4 is 22.5 Å². The first-order valence-corrected chi connectivity index (χ1v) is 9.92. The molecule has 0 saturated heterocycles. The summed E-state index contributed by atoms with van der Waals surface area (Å²) in [6.45, 7) is 2.56. The number of H-pyrrole nitrogens is 1. The van der Waals surface area contributed by atoms with E-state index in [0.717, 1.165) is 11.2 Å². The van der Waals surface area contributed by atoms with Crippen molar-refractivity contribution < 1.29 is 4.79 Å². The second-order valence-electron chi connectivity index (χ2n) is 7.24. The Morgan fingerprint density at radius 2 is 1.55 bits per heavy atom. The third-order valence-corrected chi connectivity index (χ3v) is 5.26. The molecule has 0 aliphatic rings. The van der Waals surface area contributed by atoms with Gasteiger partial charge in [0.25, 0.3) is 0 Å². The largest absolute Gasteiger partial charge is 0.361 e. The Hall–Kier alpha value is -3.37. The molecule has 29 heavy (non-hydrogen) atoms. The highest BCUT2D eigenvalue weighted by Gasteiger charge is 2.20. The van der Waals surface area contributed by atoms with Crippen LogP contribution in [0.25, 0.3) is 10.9 Å². The molecule has 0 radical (unpaired) electrons. The maximum Gasteiger partial charge on any atom is 0.241 e. The molecule has 0 spiro atoms. The predicted octanol–water partition coefficient (Wildman–Crippen LogP) is 4.92. The minimum absolute atomic E-state index is 0.0399. The average molecular weight is 383 g/mol. The summed E-state index contributed by atoms with van der Waals surface area (Å²) in [5.41, 5.74) is 4.39. The zero-order chi connectivity index (χ0) is 20.1. The van der Waals surface area contributed by atoms with Gasteiger partial charge in [0.2, 0.25) is 5.91 Å². The normalized spacial score (nSPS) is 13.1. The van der Waals surface area contributed by atoms with Gasteiger partial charge in [0.05, 0.1) is 6.04 Å². The van der Waals surface area contributed by atoms with E-state index in [1.807, 2.05) is 49.4 Å². The van der Waals surface area contributed by atoms with Gasteiger partial charge in [0.15, 0.2) is 0 Å². The van der Waals surface area contributed by atoms with E-state index >= 15 is 0 Å². The molecule has 0 unspecified atom stereocenters. The van der Waals surface area contributed by atoms with Gasteiger partial charge in [-0.1, -0.05) is 66.7 Å². The Bertz CT molecular complexity index is 1070. The number of aromatic amines is 1. The number of carbonyl (C=O) groups is 1. The summed E-state index contributed by atoms with van der Waals surface area (Å²) in [6, 6.07) is 28.0. The molecule has 0 saturated carbocycles. The molecule has 4 aromatic rings. The standard InChI is InChI=1S/C25H25N3O/c1-18(25(29)28-20-12-6-3-7-13-20)26-16-22(19-10-4-2-5-11-19)23-17-27-24-15-9-8-14-21(23)24/h2-15,17-18,22,26-27H,16H2,1H3,(H,28,29)/t18-,22-/m0/s1. The SMILES string of the molecule is C[C@H](NC[C@@H](c1ccccc1)c1c[nH]c2ccccc12)C(=O)Nc1ccccc1. The van der Waals surface area contributed by atoms with Crippen molar-refractivity contribution in [3.63, 3.8) is 0 Å². The zero-order valence-electron chi connectivity index (χ0n) is 16.4. The molecule has 0 bridgehead atoms. The molecule has 4 nitrogen and oxygen atoms in total. The zero-order valence-corrected chi connectivity index (χ0v) is 16.4. The van der Waals surface area contributed by atoms with Gasteiger partial charge in [-0.2, -0.15) is 0 Å². The second-order valence-corrected chi connectivity index (χ2v) is 7.24. The lowest BCUT2D eigenvalue weighted by Crippen LogP contribution is -2.40. The number of carbonyl (C=O) groups excluding carboxylic acids is 1. The highest BCUT2D eigenvalue weighted by atomic mass is 16.2. The van der Waals surface area contributed by atoms with Crippen LogP contribution in [0.4, 0.5) is 5.69 Å². The molecule has 0 aliphatic heterocycles. The number of para-hydroxylation sites is 2. The van der Waals surface area contributed by atoms with Crippen LogP contribution < -0.4 is 10.6 Å². The number of aromatic nitrogens is 1. The van der Waals surface area contributed by atoms with Crippen LogP contribution in [0.3, 0.4) is 0 Å². The van der Waals surface area contributed by atoms with Crippen molar-refractivity contribution in [1.29, 1.82) is 0 Å². The van der Waals surface area contributed by atoms with Crippen LogP contribution in [0.15, 0.2) is 91.1 Å². The van der Waals surface area contributed by atoms with E-state index in [4.69, 9.17) is 0 Å². The van der Waals surface area contributed by atoms with Crippen LogP contribution >= 0.6 is 0 Å². The van der Waals surface area contributed by atoms with Crippen molar-refractivity contribution in [2.24, 2.45) is 0 Å². The quantitative estimate of drug-likeness (QED) is 0.424. The summed E-state index contributed by atoms with van der Waals surface area (Å²) in [5.74, 6) is 0.0984. The smallest absolute Gasteiger partial charge is 0.241 e. The fourth-order valence-corrected chi connectivity index (χ4v) is 3.63. The number of amides is 1. The molecular weight excluding hydrogens is 358 g/mol. The lowest BCUT2D eigenvalue weighted by Gasteiger charge is -2.21. The van der Waals surface area contributed by atoms with Crippen LogP contribution in [0.2, 0.25) is 0 Å². The second kappa shape index (κ2) is 8.76. The Morgan fingerprint density at radius 1 is 0.897 bits per heavy atom. The maximum atomic E-state index is 12.6. The third-order valence-electron chi connectivity index (χ3n) is 5.26. The molecule has 3 aromatic carbocycles. The van der Waals surface area contributed by atoms with E-state index in [2.05, 4.69) is 64.3 Å². The lowest BCUT2D eigenvalue weighted by molar-refractivity contribution is -0.117. The molecule has 0 aliphatic carbocycles. The molecule has 4 heteroatoms. The highest BCUT2D eigenvalue weighted by molar-refractivity contribution is 5.94. The topological polar surface area (TPSA) is 56.9 Å². The van der Waals surface area contributed by atoms with E-state index in [9.17, 15) is 4.79 Å². The van der Waals surface area contributed by atoms with Crippen LogP contribution in [-0.2, 0) is 4.79 Å². The number of hydrogen-bond donors (Lipinski definition) is 3. The number of nitrogens with one attached hydrogen (secondary N) is 3. The van der Waals surface area contributed by atoms with Crippen LogP contribution in [-0.4, -0.2) is 23.5 Å². The molecule has 4 rings (SSSR count). The van der Waals surface area contributed by atoms with E-state index in [-0.39, 0.29) is 17.9 Å². The molecule has 1 heterocycles. The fraction of sp³-hybridized carbons (Fsp3) is 0.160. The summed E-state index contributed by atoms with van der Waals surface area (Å²) in [7, 11) is 0. The van der Waals surface area contributed by atoms with Crippen LogP contribution in [0.1, 0.15) is 24.0 Å². The molecule has 0 fully saturated rings. The third kappa shape index (κ3) is 4.39. The van der Waals surface area contributed by atoms with Crippen molar-refractivity contribution in [2.75, 3.05) is 11.9 Å². The maximum absolute atomic E-state index is 12.6. The minimum atomic E-state index is -0.313. The van der Waals surface area contributed by atoms with E-state index < -0.39 is 0 Å².